The van der Waals surface area contributed by atoms with Crippen molar-refractivity contribution in [1.29, 1.82) is 5.26 Å². The zero-order chi connectivity index (χ0) is 21.1. The molecule has 148 valence electrons. The third-order valence-corrected chi connectivity index (χ3v) is 5.82. The van der Waals surface area contributed by atoms with Crippen molar-refractivity contribution in [3.8, 4) is 23.1 Å². The quantitative estimate of drug-likeness (QED) is 0.258. The molecule has 4 rings (SSSR count). The Morgan fingerprint density at radius 1 is 1.20 bits per heavy atom. The fourth-order valence-electron chi connectivity index (χ4n) is 3.16. The van der Waals surface area contributed by atoms with E-state index >= 15 is 0 Å². The minimum absolute atomic E-state index is 0.368. The lowest BCUT2D eigenvalue weighted by Gasteiger charge is -2.05. The number of hydrogen-bond acceptors (Lipinski definition) is 5. The Bertz CT molecular complexity index is 1290. The summed E-state index contributed by atoms with van der Waals surface area (Å²) in [4.78, 5) is 9.17. The van der Waals surface area contributed by atoms with Crippen molar-refractivity contribution in [2.24, 2.45) is 0 Å². The van der Waals surface area contributed by atoms with Crippen LogP contribution in [0.2, 0.25) is 5.15 Å². The average molecular weight is 432 g/mol. The van der Waals surface area contributed by atoms with E-state index in [1.165, 1.54) is 11.3 Å². The topological polar surface area (TPSA) is 58.8 Å². The highest BCUT2D eigenvalue weighted by molar-refractivity contribution is 7.11. The monoisotopic (exact) mass is 431 g/mol. The number of aromatic nitrogens is 2. The van der Waals surface area contributed by atoms with E-state index in [0.717, 1.165) is 33.5 Å². The van der Waals surface area contributed by atoms with Crippen LogP contribution in [0.5, 0.6) is 5.75 Å². The second kappa shape index (κ2) is 8.66. The summed E-state index contributed by atoms with van der Waals surface area (Å²) < 4.78 is 5.48. The van der Waals surface area contributed by atoms with Crippen LogP contribution in [0.15, 0.2) is 53.9 Å². The minimum atomic E-state index is 0.368. The first-order valence-electron chi connectivity index (χ1n) is 9.46. The third-order valence-electron chi connectivity index (χ3n) is 4.64. The van der Waals surface area contributed by atoms with Crippen molar-refractivity contribution in [3.63, 3.8) is 0 Å². The fourth-order valence-corrected chi connectivity index (χ4v) is 4.15. The van der Waals surface area contributed by atoms with E-state index < -0.39 is 0 Å². The number of aryl methyl sites for hydroxylation is 1. The molecular formula is C24H18ClN3OS. The van der Waals surface area contributed by atoms with Gasteiger partial charge in [0.15, 0.2) is 0 Å². The zero-order valence-corrected chi connectivity index (χ0v) is 18.1. The molecule has 2 aromatic heterocycles. The van der Waals surface area contributed by atoms with Gasteiger partial charge in [0.25, 0.3) is 0 Å². The maximum Gasteiger partial charge on any atom is 0.137 e. The van der Waals surface area contributed by atoms with Crippen LogP contribution in [0, 0.1) is 18.3 Å². The van der Waals surface area contributed by atoms with Crippen LogP contribution in [0.4, 0.5) is 0 Å². The zero-order valence-electron chi connectivity index (χ0n) is 16.5. The lowest BCUT2D eigenvalue weighted by molar-refractivity contribution is 0.340. The first kappa shape index (κ1) is 20.1. The Hall–Kier alpha value is -3.20. The predicted octanol–water partition coefficient (Wildman–Crippen LogP) is 6.78. The highest BCUT2D eigenvalue weighted by Crippen LogP contribution is 2.30. The second-order valence-electron chi connectivity index (χ2n) is 6.68. The molecule has 0 aliphatic heterocycles. The fraction of sp³-hybridized carbons (Fsp3) is 0.125. The SMILES string of the molecule is CCOc1ccc(-c2csc(C(C#N)=Cc3cc4cccc(C)c4nc3Cl)n2)cc1. The van der Waals surface area contributed by atoms with E-state index in [1.54, 1.807) is 6.08 Å². The maximum absolute atomic E-state index is 9.73. The molecule has 6 heteroatoms. The van der Waals surface area contributed by atoms with Gasteiger partial charge in [-0.05, 0) is 55.8 Å². The molecule has 0 unspecified atom stereocenters. The van der Waals surface area contributed by atoms with E-state index in [2.05, 4.69) is 16.0 Å². The smallest absolute Gasteiger partial charge is 0.137 e. The number of halogens is 1. The van der Waals surface area contributed by atoms with Crippen LogP contribution in [-0.4, -0.2) is 16.6 Å². The molecule has 0 aliphatic carbocycles. The number of thiazole rings is 1. The van der Waals surface area contributed by atoms with Crippen molar-refractivity contribution < 1.29 is 4.74 Å². The van der Waals surface area contributed by atoms with E-state index in [-0.39, 0.29) is 0 Å². The number of nitrogens with zero attached hydrogens (tertiary/aromatic N) is 3. The summed E-state index contributed by atoms with van der Waals surface area (Å²) in [5.41, 5.74) is 4.87. The van der Waals surface area contributed by atoms with Crippen molar-refractivity contribution in [3.05, 3.63) is 75.2 Å². The molecular weight excluding hydrogens is 414 g/mol. The van der Waals surface area contributed by atoms with Gasteiger partial charge < -0.3 is 4.74 Å². The van der Waals surface area contributed by atoms with Crippen molar-refractivity contribution in [2.75, 3.05) is 6.61 Å². The molecule has 0 N–H and O–H groups in total. The summed E-state index contributed by atoms with van der Waals surface area (Å²) in [6, 6.07) is 17.9. The van der Waals surface area contributed by atoms with Crippen LogP contribution in [0.1, 0.15) is 23.1 Å². The molecule has 0 spiro atoms. The summed E-state index contributed by atoms with van der Waals surface area (Å²) >= 11 is 7.84. The Labute approximate surface area is 184 Å². The standard InChI is InChI=1S/C24H18ClN3OS/c1-3-29-20-9-7-16(8-10-20)21-14-30-24(27-21)19(13-26)12-18-11-17-6-4-5-15(2)22(17)28-23(18)25/h4-12,14H,3H2,1-2H3. The van der Waals surface area contributed by atoms with Crippen molar-refractivity contribution in [1.82, 2.24) is 9.97 Å². The molecule has 0 fully saturated rings. The van der Waals surface area contributed by atoms with Gasteiger partial charge >= 0.3 is 0 Å². The normalized spacial score (nSPS) is 11.5. The van der Waals surface area contributed by atoms with Gasteiger partial charge in [0, 0.05) is 21.9 Å². The number of ether oxygens (including phenoxy) is 1. The summed E-state index contributed by atoms with van der Waals surface area (Å²) in [6.07, 6.45) is 1.75. The van der Waals surface area contributed by atoms with Gasteiger partial charge in [-0.3, -0.25) is 0 Å². The Morgan fingerprint density at radius 3 is 2.73 bits per heavy atom. The molecule has 0 radical (unpaired) electrons. The minimum Gasteiger partial charge on any atom is -0.494 e. The van der Waals surface area contributed by atoms with E-state index in [4.69, 9.17) is 16.3 Å². The van der Waals surface area contributed by atoms with E-state index in [1.807, 2.05) is 67.8 Å². The summed E-state index contributed by atoms with van der Waals surface area (Å²) in [6.45, 7) is 4.58. The first-order chi connectivity index (χ1) is 14.6. The van der Waals surface area contributed by atoms with Gasteiger partial charge in [0.1, 0.15) is 22.0 Å². The Balaban J connectivity index is 1.68. The number of allylic oxidation sites excluding steroid dienone is 1. The highest BCUT2D eigenvalue weighted by atomic mass is 35.5. The molecule has 0 aliphatic rings. The number of nitriles is 1. The Morgan fingerprint density at radius 2 is 2.00 bits per heavy atom. The molecule has 4 nitrogen and oxygen atoms in total. The third kappa shape index (κ3) is 4.06. The molecule has 0 amide bonds. The largest absolute Gasteiger partial charge is 0.494 e. The van der Waals surface area contributed by atoms with E-state index in [0.29, 0.717) is 27.9 Å². The first-order valence-corrected chi connectivity index (χ1v) is 10.7. The molecule has 0 saturated carbocycles. The number of benzene rings is 2. The number of para-hydroxylation sites is 1. The number of pyridine rings is 1. The van der Waals surface area contributed by atoms with Gasteiger partial charge in [-0.25, -0.2) is 9.97 Å². The molecule has 30 heavy (non-hydrogen) atoms. The summed E-state index contributed by atoms with van der Waals surface area (Å²) in [7, 11) is 0. The number of rotatable bonds is 5. The van der Waals surface area contributed by atoms with Gasteiger partial charge in [0.05, 0.1) is 23.4 Å². The lowest BCUT2D eigenvalue weighted by atomic mass is 10.1. The van der Waals surface area contributed by atoms with Crippen molar-refractivity contribution in [2.45, 2.75) is 13.8 Å². The van der Waals surface area contributed by atoms with Gasteiger partial charge in [0.2, 0.25) is 0 Å². The molecule has 2 aromatic carbocycles. The number of fused-ring (bicyclic) bond motifs is 1. The summed E-state index contributed by atoms with van der Waals surface area (Å²) in [5, 5.41) is 13.7. The molecule has 4 aromatic rings. The van der Waals surface area contributed by atoms with E-state index in [9.17, 15) is 5.26 Å². The molecule has 2 heterocycles. The van der Waals surface area contributed by atoms with Gasteiger partial charge in [-0.1, -0.05) is 29.8 Å². The summed E-state index contributed by atoms with van der Waals surface area (Å²) in [5.74, 6) is 0.822. The average Bonchev–Trinajstić information content (AvgIpc) is 3.24. The molecule has 0 atom stereocenters. The van der Waals surface area contributed by atoms with Crippen molar-refractivity contribution >= 4 is 45.5 Å². The Kier molecular flexibility index (Phi) is 5.80. The van der Waals surface area contributed by atoms with Gasteiger partial charge in [-0.2, -0.15) is 5.26 Å². The maximum atomic E-state index is 9.73. The van der Waals surface area contributed by atoms with Gasteiger partial charge in [-0.15, -0.1) is 11.3 Å². The molecule has 0 bridgehead atoms. The molecule has 0 saturated heterocycles. The number of hydrogen-bond donors (Lipinski definition) is 0. The highest BCUT2D eigenvalue weighted by Gasteiger charge is 2.12. The predicted molar refractivity (Wildman–Crippen MR) is 124 cm³/mol. The van der Waals surface area contributed by atoms with Crippen LogP contribution in [0.25, 0.3) is 33.8 Å². The van der Waals surface area contributed by atoms with Crippen LogP contribution < -0.4 is 4.74 Å². The van der Waals surface area contributed by atoms with Crippen LogP contribution >= 0.6 is 22.9 Å². The second-order valence-corrected chi connectivity index (χ2v) is 7.90. The van der Waals surface area contributed by atoms with Crippen LogP contribution in [0.3, 0.4) is 0 Å². The van der Waals surface area contributed by atoms with Crippen LogP contribution in [-0.2, 0) is 0 Å². The lowest BCUT2D eigenvalue weighted by Crippen LogP contribution is -1.90.